The molecule has 0 radical (unpaired) electrons. The lowest BCUT2D eigenvalue weighted by Gasteiger charge is -1.97. The lowest BCUT2D eigenvalue weighted by Crippen LogP contribution is -1.89. The quantitative estimate of drug-likeness (QED) is 0.538. The number of hydrogen-bond donors (Lipinski definition) is 4. The Kier molecular flexibility index (Phi) is 8.32. The SMILES string of the molecule is O=S(=O)(O)O.O=S(=O)(O)O.c1cc(-c2ccncc2)ccn1. The predicted molar refractivity (Wildman–Crippen MR) is 75.8 cm³/mol. The zero-order chi connectivity index (χ0) is 17.2. The van der Waals surface area contributed by atoms with Crippen LogP contribution >= 0.6 is 0 Å². The fourth-order valence-corrected chi connectivity index (χ4v) is 1.09. The van der Waals surface area contributed by atoms with Gasteiger partial charge in [-0.25, -0.2) is 0 Å². The van der Waals surface area contributed by atoms with Gasteiger partial charge in [0.15, 0.2) is 0 Å². The van der Waals surface area contributed by atoms with E-state index in [-0.39, 0.29) is 0 Å². The molecule has 2 rings (SSSR count). The van der Waals surface area contributed by atoms with Crippen LogP contribution in [0.2, 0.25) is 0 Å². The first-order valence-electron chi connectivity index (χ1n) is 5.17. The average Bonchev–Trinajstić information content (AvgIpc) is 2.37. The Morgan fingerprint density at radius 2 is 0.773 bits per heavy atom. The van der Waals surface area contributed by atoms with Crippen molar-refractivity contribution >= 4 is 20.8 Å². The van der Waals surface area contributed by atoms with E-state index in [2.05, 4.69) is 9.97 Å². The largest absolute Gasteiger partial charge is 0.394 e. The topological polar surface area (TPSA) is 175 Å². The van der Waals surface area contributed by atoms with Crippen molar-refractivity contribution in [3.63, 3.8) is 0 Å². The molecule has 0 unspecified atom stereocenters. The number of pyridine rings is 2. The summed E-state index contributed by atoms with van der Waals surface area (Å²) in [7, 11) is -9.33. The van der Waals surface area contributed by atoms with E-state index in [4.69, 9.17) is 35.0 Å². The van der Waals surface area contributed by atoms with E-state index in [0.29, 0.717) is 0 Å². The Bertz CT molecular complexity index is 665. The van der Waals surface area contributed by atoms with Gasteiger partial charge in [0.05, 0.1) is 0 Å². The Morgan fingerprint density at radius 3 is 0.955 bits per heavy atom. The van der Waals surface area contributed by atoms with Gasteiger partial charge in [-0.15, -0.1) is 0 Å². The minimum absolute atomic E-state index is 1.17. The summed E-state index contributed by atoms with van der Waals surface area (Å²) in [6.45, 7) is 0. The van der Waals surface area contributed by atoms with Crippen LogP contribution in [0.1, 0.15) is 0 Å². The highest BCUT2D eigenvalue weighted by molar-refractivity contribution is 7.80. The summed E-state index contributed by atoms with van der Waals surface area (Å²) in [4.78, 5) is 7.91. The van der Waals surface area contributed by atoms with Crippen LogP contribution in [0.15, 0.2) is 49.1 Å². The number of aromatic nitrogens is 2. The van der Waals surface area contributed by atoms with E-state index < -0.39 is 20.8 Å². The van der Waals surface area contributed by atoms with Gasteiger partial charge in [-0.05, 0) is 35.4 Å². The molecular weight excluding hydrogens is 340 g/mol. The highest BCUT2D eigenvalue weighted by Crippen LogP contribution is 2.15. The van der Waals surface area contributed by atoms with Crippen LogP contribution in [0.25, 0.3) is 11.1 Å². The van der Waals surface area contributed by atoms with Gasteiger partial charge in [0.1, 0.15) is 0 Å². The maximum atomic E-state index is 8.74. The summed E-state index contributed by atoms with van der Waals surface area (Å²) in [5.74, 6) is 0. The van der Waals surface area contributed by atoms with Crippen LogP contribution in [0.4, 0.5) is 0 Å². The second kappa shape index (κ2) is 9.14. The molecule has 2 aromatic heterocycles. The van der Waals surface area contributed by atoms with Crippen molar-refractivity contribution in [2.45, 2.75) is 0 Å². The zero-order valence-electron chi connectivity index (χ0n) is 10.8. The van der Waals surface area contributed by atoms with Gasteiger partial charge in [-0.2, -0.15) is 16.8 Å². The number of nitrogens with zero attached hydrogens (tertiary/aromatic N) is 2. The summed E-state index contributed by atoms with van der Waals surface area (Å²) in [6.07, 6.45) is 7.15. The summed E-state index contributed by atoms with van der Waals surface area (Å²) >= 11 is 0. The van der Waals surface area contributed by atoms with Crippen molar-refractivity contribution in [3.8, 4) is 11.1 Å². The smallest absolute Gasteiger partial charge is 0.265 e. The fraction of sp³-hybridized carbons (Fsp3) is 0. The third-order valence-electron chi connectivity index (χ3n) is 1.69. The monoisotopic (exact) mass is 352 g/mol. The summed E-state index contributed by atoms with van der Waals surface area (Å²) in [5, 5.41) is 0. The maximum Gasteiger partial charge on any atom is 0.394 e. The van der Waals surface area contributed by atoms with E-state index in [1.165, 1.54) is 11.1 Å². The molecule has 0 bridgehead atoms. The van der Waals surface area contributed by atoms with Gasteiger partial charge < -0.3 is 0 Å². The molecule has 2 heterocycles. The van der Waals surface area contributed by atoms with Crippen molar-refractivity contribution in [2.75, 3.05) is 0 Å². The second-order valence-electron chi connectivity index (χ2n) is 3.37. The first-order valence-corrected chi connectivity index (χ1v) is 7.96. The molecule has 0 saturated heterocycles. The third kappa shape index (κ3) is 16.1. The normalized spacial score (nSPS) is 10.5. The molecule has 122 valence electrons. The van der Waals surface area contributed by atoms with Crippen LogP contribution < -0.4 is 0 Å². The molecule has 10 nitrogen and oxygen atoms in total. The van der Waals surface area contributed by atoms with E-state index in [0.717, 1.165) is 0 Å². The van der Waals surface area contributed by atoms with Crippen LogP contribution in [0.5, 0.6) is 0 Å². The molecule has 0 atom stereocenters. The van der Waals surface area contributed by atoms with Crippen LogP contribution in [0, 0.1) is 0 Å². The van der Waals surface area contributed by atoms with Crippen LogP contribution in [0.3, 0.4) is 0 Å². The number of hydrogen-bond acceptors (Lipinski definition) is 6. The predicted octanol–water partition coefficient (Wildman–Crippen LogP) is 0.838. The first kappa shape index (κ1) is 20.0. The Hall–Kier alpha value is -1.96. The van der Waals surface area contributed by atoms with E-state index in [1.807, 2.05) is 24.3 Å². The molecular formula is C10H12N2O8S2. The van der Waals surface area contributed by atoms with Gasteiger partial charge in [-0.1, -0.05) is 0 Å². The number of rotatable bonds is 1. The lowest BCUT2D eigenvalue weighted by molar-refractivity contribution is 0.378. The van der Waals surface area contributed by atoms with E-state index in [1.54, 1.807) is 24.8 Å². The minimum atomic E-state index is -4.67. The van der Waals surface area contributed by atoms with Gasteiger partial charge in [0.25, 0.3) is 0 Å². The van der Waals surface area contributed by atoms with Gasteiger partial charge in [0, 0.05) is 24.8 Å². The molecule has 0 aliphatic carbocycles. The molecule has 4 N–H and O–H groups in total. The van der Waals surface area contributed by atoms with Gasteiger partial charge >= 0.3 is 20.8 Å². The zero-order valence-corrected chi connectivity index (χ0v) is 12.4. The minimum Gasteiger partial charge on any atom is -0.265 e. The van der Waals surface area contributed by atoms with Crippen LogP contribution in [-0.4, -0.2) is 45.0 Å². The molecule has 0 amide bonds. The third-order valence-corrected chi connectivity index (χ3v) is 1.69. The lowest BCUT2D eigenvalue weighted by atomic mass is 10.1. The molecule has 2 aromatic rings. The van der Waals surface area contributed by atoms with E-state index in [9.17, 15) is 0 Å². The van der Waals surface area contributed by atoms with Gasteiger partial charge in [0.2, 0.25) is 0 Å². The second-order valence-corrected chi connectivity index (χ2v) is 5.16. The molecule has 0 aliphatic heterocycles. The molecule has 0 saturated carbocycles. The molecule has 22 heavy (non-hydrogen) atoms. The first-order chi connectivity index (χ1) is 9.97. The van der Waals surface area contributed by atoms with Crippen molar-refractivity contribution < 1.29 is 35.0 Å². The highest BCUT2D eigenvalue weighted by Gasteiger charge is 1.92. The summed E-state index contributed by atoms with van der Waals surface area (Å²) < 4.78 is 63.2. The molecule has 0 aliphatic rings. The molecule has 0 spiro atoms. The summed E-state index contributed by atoms with van der Waals surface area (Å²) in [6, 6.07) is 7.93. The summed E-state index contributed by atoms with van der Waals surface area (Å²) in [5.41, 5.74) is 2.35. The highest BCUT2D eigenvalue weighted by atomic mass is 32.3. The molecule has 0 fully saturated rings. The average molecular weight is 352 g/mol. The van der Waals surface area contributed by atoms with Crippen molar-refractivity contribution in [2.24, 2.45) is 0 Å². The maximum absolute atomic E-state index is 8.74. The molecule has 12 heteroatoms. The molecule has 0 aromatic carbocycles. The van der Waals surface area contributed by atoms with Crippen molar-refractivity contribution in [1.82, 2.24) is 9.97 Å². The van der Waals surface area contributed by atoms with Crippen molar-refractivity contribution in [1.29, 1.82) is 0 Å². The van der Waals surface area contributed by atoms with Gasteiger partial charge in [-0.3, -0.25) is 28.2 Å². The Morgan fingerprint density at radius 1 is 0.591 bits per heavy atom. The Labute approximate surface area is 126 Å². The standard InChI is InChI=1S/C10H8N2.2H2O4S/c1-5-11-6-2-9(1)10-3-7-12-8-4-10;2*1-5(2,3)4/h1-8H;2*(H2,1,2,3,4). The fourth-order valence-electron chi connectivity index (χ4n) is 1.09. The van der Waals surface area contributed by atoms with E-state index >= 15 is 0 Å². The van der Waals surface area contributed by atoms with Crippen LogP contribution in [-0.2, 0) is 20.8 Å². The van der Waals surface area contributed by atoms with Crippen molar-refractivity contribution in [3.05, 3.63) is 49.1 Å². The Balaban J connectivity index is 0.000000372.